The van der Waals surface area contributed by atoms with Gasteiger partial charge in [0.25, 0.3) is 0 Å². The van der Waals surface area contributed by atoms with Crippen LogP contribution >= 0.6 is 11.8 Å². The molecule has 0 aliphatic rings. The largest absolute Gasteiger partial charge is 0.350 e. The van der Waals surface area contributed by atoms with Crippen molar-refractivity contribution in [3.05, 3.63) is 107 Å². The Balaban J connectivity index is 1.86. The number of nitrogens with zero attached hydrogens (tertiary/aromatic N) is 1. The highest BCUT2D eigenvalue weighted by Gasteiger charge is 2.32. The van der Waals surface area contributed by atoms with Gasteiger partial charge < -0.3 is 10.2 Å². The highest BCUT2D eigenvalue weighted by molar-refractivity contribution is 7.99. The van der Waals surface area contributed by atoms with E-state index < -0.39 is 11.6 Å². The van der Waals surface area contributed by atoms with E-state index in [1.807, 2.05) is 82.3 Å². The quantitative estimate of drug-likeness (QED) is 0.371. The van der Waals surface area contributed by atoms with Crippen LogP contribution in [0.5, 0.6) is 0 Å². The summed E-state index contributed by atoms with van der Waals surface area (Å²) in [7, 11) is 0. The van der Waals surface area contributed by atoms with Gasteiger partial charge in [0.2, 0.25) is 11.8 Å². The third kappa shape index (κ3) is 8.83. The van der Waals surface area contributed by atoms with Crippen molar-refractivity contribution >= 4 is 23.6 Å². The molecule has 0 spiro atoms. The van der Waals surface area contributed by atoms with E-state index in [-0.39, 0.29) is 23.4 Å². The second-order valence-corrected chi connectivity index (χ2v) is 11.1. The highest BCUT2D eigenvalue weighted by atomic mass is 32.2. The molecule has 0 saturated carbocycles. The molecule has 0 unspecified atom stereocenters. The van der Waals surface area contributed by atoms with Crippen LogP contribution in [0, 0.1) is 12.7 Å². The Morgan fingerprint density at radius 2 is 1.58 bits per heavy atom. The van der Waals surface area contributed by atoms with Gasteiger partial charge in [-0.2, -0.15) is 0 Å². The fourth-order valence-electron chi connectivity index (χ4n) is 3.93. The van der Waals surface area contributed by atoms with E-state index in [1.54, 1.807) is 17.0 Å². The molecular weight excluding hydrogens is 471 g/mol. The predicted octanol–water partition coefficient (Wildman–Crippen LogP) is 5.92. The zero-order valence-electron chi connectivity index (χ0n) is 21.5. The number of amides is 2. The molecule has 190 valence electrons. The van der Waals surface area contributed by atoms with Gasteiger partial charge in [-0.1, -0.05) is 72.3 Å². The molecule has 1 N–H and O–H groups in total. The first-order valence-corrected chi connectivity index (χ1v) is 13.3. The molecule has 3 aromatic carbocycles. The van der Waals surface area contributed by atoms with Crippen LogP contribution in [-0.4, -0.2) is 34.0 Å². The number of benzene rings is 3. The number of halogens is 1. The molecule has 0 aliphatic heterocycles. The lowest BCUT2D eigenvalue weighted by Crippen LogP contribution is -2.54. The summed E-state index contributed by atoms with van der Waals surface area (Å²) in [6, 6.07) is 23.5. The van der Waals surface area contributed by atoms with Crippen LogP contribution in [-0.2, 0) is 28.3 Å². The van der Waals surface area contributed by atoms with Gasteiger partial charge in [0.1, 0.15) is 11.9 Å². The molecule has 2 amide bonds. The Bertz CT molecular complexity index is 1140. The normalized spacial score (nSPS) is 12.1. The van der Waals surface area contributed by atoms with Gasteiger partial charge in [0.15, 0.2) is 0 Å². The van der Waals surface area contributed by atoms with Crippen molar-refractivity contribution < 1.29 is 14.0 Å². The van der Waals surface area contributed by atoms with Crippen LogP contribution in [0.2, 0.25) is 0 Å². The SMILES string of the molecule is Cc1cccc(CN(C(=O)CSCc2ccc(F)cc2)[C@H](Cc2ccccc2)C(=O)NC(C)(C)C)c1. The van der Waals surface area contributed by atoms with E-state index in [4.69, 9.17) is 0 Å². The van der Waals surface area contributed by atoms with Crippen molar-refractivity contribution in [3.63, 3.8) is 0 Å². The summed E-state index contributed by atoms with van der Waals surface area (Å²) in [5.74, 6) is 0.251. The first-order valence-electron chi connectivity index (χ1n) is 12.1. The molecule has 0 fully saturated rings. The number of aryl methyl sites for hydroxylation is 1. The number of carbonyl (C=O) groups is 2. The molecule has 36 heavy (non-hydrogen) atoms. The number of thioether (sulfide) groups is 1. The highest BCUT2D eigenvalue weighted by Crippen LogP contribution is 2.20. The van der Waals surface area contributed by atoms with Crippen molar-refractivity contribution in [1.29, 1.82) is 0 Å². The monoisotopic (exact) mass is 506 g/mol. The predicted molar refractivity (Wildman–Crippen MR) is 146 cm³/mol. The summed E-state index contributed by atoms with van der Waals surface area (Å²) in [6.45, 7) is 8.18. The van der Waals surface area contributed by atoms with Crippen LogP contribution in [0.4, 0.5) is 4.39 Å². The Kier molecular flexibility index (Phi) is 9.71. The molecule has 0 aliphatic carbocycles. The lowest BCUT2D eigenvalue weighted by molar-refractivity contribution is -0.140. The fraction of sp³-hybridized carbons (Fsp3) is 0.333. The Hall–Kier alpha value is -3.12. The third-order valence-corrected chi connectivity index (χ3v) is 6.60. The zero-order valence-corrected chi connectivity index (χ0v) is 22.3. The number of nitrogens with one attached hydrogen (secondary N) is 1. The molecule has 0 heterocycles. The number of carbonyl (C=O) groups excluding carboxylic acids is 2. The maximum Gasteiger partial charge on any atom is 0.243 e. The number of rotatable bonds is 10. The van der Waals surface area contributed by atoms with Crippen molar-refractivity contribution in [2.24, 2.45) is 0 Å². The smallest absolute Gasteiger partial charge is 0.243 e. The molecule has 0 saturated heterocycles. The summed E-state index contributed by atoms with van der Waals surface area (Å²) in [6.07, 6.45) is 0.420. The fourth-order valence-corrected chi connectivity index (χ4v) is 4.80. The summed E-state index contributed by atoms with van der Waals surface area (Å²) < 4.78 is 13.2. The van der Waals surface area contributed by atoms with Crippen molar-refractivity contribution in [2.45, 2.75) is 58.0 Å². The summed E-state index contributed by atoms with van der Waals surface area (Å²) in [5, 5.41) is 3.08. The van der Waals surface area contributed by atoms with E-state index >= 15 is 0 Å². The third-order valence-electron chi connectivity index (χ3n) is 5.61. The maximum atomic E-state index is 13.6. The molecule has 1 atom stereocenters. The van der Waals surface area contributed by atoms with Gasteiger partial charge in [0.05, 0.1) is 5.75 Å². The van der Waals surface area contributed by atoms with Crippen LogP contribution < -0.4 is 5.32 Å². The zero-order chi connectivity index (χ0) is 26.1. The lowest BCUT2D eigenvalue weighted by atomic mass is 10.0. The Morgan fingerprint density at radius 1 is 0.917 bits per heavy atom. The van der Waals surface area contributed by atoms with Gasteiger partial charge in [-0.25, -0.2) is 4.39 Å². The Labute approximate surface area is 218 Å². The summed E-state index contributed by atoms with van der Waals surface area (Å²) >= 11 is 1.47. The van der Waals surface area contributed by atoms with E-state index in [2.05, 4.69) is 5.32 Å². The van der Waals surface area contributed by atoms with Gasteiger partial charge in [0, 0.05) is 24.3 Å². The molecule has 6 heteroatoms. The molecule has 0 bridgehead atoms. The van der Waals surface area contributed by atoms with Crippen LogP contribution in [0.3, 0.4) is 0 Å². The molecule has 0 aromatic heterocycles. The van der Waals surface area contributed by atoms with E-state index in [9.17, 15) is 14.0 Å². The molecule has 4 nitrogen and oxygen atoms in total. The minimum atomic E-state index is -0.661. The standard InChI is InChI=1S/C30H35FN2O2S/c1-22-9-8-12-25(17-22)19-33(28(34)21-36-20-24-13-15-26(31)16-14-24)27(29(35)32-30(2,3)4)18-23-10-6-5-7-11-23/h5-17,27H,18-21H2,1-4H3,(H,32,35)/t27-/m1/s1. The first kappa shape index (κ1) is 27.5. The van der Waals surface area contributed by atoms with Crippen LogP contribution in [0.15, 0.2) is 78.9 Å². The van der Waals surface area contributed by atoms with Crippen LogP contribution in [0.1, 0.15) is 43.0 Å². The van der Waals surface area contributed by atoms with Crippen molar-refractivity contribution in [3.8, 4) is 0 Å². The average Bonchev–Trinajstić information content (AvgIpc) is 2.82. The maximum absolute atomic E-state index is 13.6. The van der Waals surface area contributed by atoms with Gasteiger partial charge in [-0.05, 0) is 56.5 Å². The summed E-state index contributed by atoms with van der Waals surface area (Å²) in [5.41, 5.74) is 3.60. The van der Waals surface area contributed by atoms with Gasteiger partial charge in [-0.3, -0.25) is 9.59 Å². The average molecular weight is 507 g/mol. The van der Waals surface area contributed by atoms with Crippen molar-refractivity contribution in [2.75, 3.05) is 5.75 Å². The minimum absolute atomic E-state index is 0.103. The topological polar surface area (TPSA) is 49.4 Å². The molecule has 3 aromatic rings. The molecule has 3 rings (SSSR count). The number of hydrogen-bond acceptors (Lipinski definition) is 3. The van der Waals surface area contributed by atoms with E-state index in [0.29, 0.717) is 18.7 Å². The molecule has 0 radical (unpaired) electrons. The van der Waals surface area contributed by atoms with Gasteiger partial charge in [-0.15, -0.1) is 11.8 Å². The minimum Gasteiger partial charge on any atom is -0.350 e. The second-order valence-electron chi connectivity index (χ2n) is 10.1. The van der Waals surface area contributed by atoms with E-state index in [0.717, 1.165) is 22.3 Å². The van der Waals surface area contributed by atoms with Gasteiger partial charge >= 0.3 is 0 Å². The second kappa shape index (κ2) is 12.7. The Morgan fingerprint density at radius 3 is 2.22 bits per heavy atom. The van der Waals surface area contributed by atoms with E-state index in [1.165, 1.54) is 23.9 Å². The first-order chi connectivity index (χ1) is 17.1. The number of hydrogen-bond donors (Lipinski definition) is 1. The van der Waals surface area contributed by atoms with Crippen molar-refractivity contribution in [1.82, 2.24) is 10.2 Å². The molecular formula is C30H35FN2O2S. The van der Waals surface area contributed by atoms with Crippen LogP contribution in [0.25, 0.3) is 0 Å². The lowest BCUT2D eigenvalue weighted by Gasteiger charge is -2.34. The summed E-state index contributed by atoms with van der Waals surface area (Å²) in [4.78, 5) is 28.9.